The van der Waals surface area contributed by atoms with Crippen molar-refractivity contribution in [3.63, 3.8) is 0 Å². The lowest BCUT2D eigenvalue weighted by Gasteiger charge is -2.41. The zero-order valence-electron chi connectivity index (χ0n) is 29.1. The van der Waals surface area contributed by atoms with E-state index in [4.69, 9.17) is 32.7 Å². The minimum atomic E-state index is -1.06. The number of rotatable bonds is 13. The number of methoxy groups -OCH3 is 2. The molecule has 1 N–H and O–H groups in total. The number of benzene rings is 1. The second-order valence-corrected chi connectivity index (χ2v) is 14.8. The van der Waals surface area contributed by atoms with Gasteiger partial charge in [0.15, 0.2) is 0 Å². The summed E-state index contributed by atoms with van der Waals surface area (Å²) in [5.41, 5.74) is 1.21. The van der Waals surface area contributed by atoms with Gasteiger partial charge in [0.1, 0.15) is 0 Å². The monoisotopic (exact) mass is 745 g/mol. The second-order valence-electron chi connectivity index (χ2n) is 13.0. The van der Waals surface area contributed by atoms with Gasteiger partial charge in [-0.3, -0.25) is 14.5 Å². The van der Waals surface area contributed by atoms with Gasteiger partial charge in [-0.15, -0.1) is 11.3 Å². The van der Waals surface area contributed by atoms with Gasteiger partial charge >= 0.3 is 11.9 Å². The molecule has 3 aliphatic heterocycles. The number of thiazole rings is 1. The van der Waals surface area contributed by atoms with Gasteiger partial charge < -0.3 is 24.6 Å². The van der Waals surface area contributed by atoms with Crippen LogP contribution in [0.4, 0.5) is 0 Å². The Labute approximate surface area is 307 Å². The number of allylic oxidation sites excluding steroid dienone is 1. The molecule has 1 aromatic heterocycles. The van der Waals surface area contributed by atoms with Crippen molar-refractivity contribution in [2.24, 2.45) is 0 Å². The van der Waals surface area contributed by atoms with E-state index in [9.17, 15) is 19.2 Å². The number of dihydropyridines is 1. The minimum absolute atomic E-state index is 0.0724. The van der Waals surface area contributed by atoms with Crippen molar-refractivity contribution in [1.29, 1.82) is 0 Å². The number of likely N-dealkylation sites (tertiary alicyclic amines) is 1. The highest BCUT2D eigenvalue weighted by atomic mass is 35.5. The van der Waals surface area contributed by atoms with Crippen LogP contribution in [0, 0.1) is 0 Å². The number of ether oxygens (including phenoxy) is 2. The van der Waals surface area contributed by atoms with Gasteiger partial charge in [0, 0.05) is 96.2 Å². The lowest BCUT2D eigenvalue weighted by atomic mass is 9.78. The Morgan fingerprint density at radius 2 is 1.66 bits per heavy atom. The van der Waals surface area contributed by atoms with Crippen LogP contribution in [0.25, 0.3) is 0 Å². The topological polar surface area (TPSA) is 121 Å². The normalized spacial score (nSPS) is 19.8. The molecular weight excluding hydrogens is 701 g/mol. The Kier molecular flexibility index (Phi) is 12.6. The van der Waals surface area contributed by atoms with Crippen LogP contribution >= 0.6 is 34.5 Å². The Balaban J connectivity index is 1.40. The van der Waals surface area contributed by atoms with Crippen LogP contribution in [0.5, 0.6) is 0 Å². The molecule has 2 aromatic rings. The van der Waals surface area contributed by atoms with E-state index in [0.717, 1.165) is 37.4 Å². The predicted octanol–water partition coefficient (Wildman–Crippen LogP) is 5.34. The smallest absolute Gasteiger partial charge is 0.336 e. The predicted molar refractivity (Wildman–Crippen MR) is 193 cm³/mol. The summed E-state index contributed by atoms with van der Waals surface area (Å²) in [4.78, 5) is 64.2. The Morgan fingerprint density at radius 3 is 2.22 bits per heavy atom. The van der Waals surface area contributed by atoms with E-state index < -0.39 is 17.9 Å². The maximum absolute atomic E-state index is 14.0. The molecule has 0 aliphatic carbocycles. The van der Waals surface area contributed by atoms with Gasteiger partial charge in [-0.25, -0.2) is 14.6 Å². The van der Waals surface area contributed by atoms with Crippen LogP contribution in [-0.2, 0) is 35.1 Å². The van der Waals surface area contributed by atoms with E-state index in [1.165, 1.54) is 25.6 Å². The fraction of sp³-hybridized carbons (Fsp3) is 0.528. The third-order valence-electron chi connectivity index (χ3n) is 10.2. The third kappa shape index (κ3) is 8.19. The minimum Gasteiger partial charge on any atom is -0.466 e. The highest BCUT2D eigenvalue weighted by Gasteiger charge is 2.42. The number of hydrogen-bond acceptors (Lipinski definition) is 10. The largest absolute Gasteiger partial charge is 0.466 e. The van der Waals surface area contributed by atoms with Gasteiger partial charge in [-0.05, 0) is 44.7 Å². The molecule has 14 heteroatoms. The van der Waals surface area contributed by atoms with Crippen LogP contribution in [-0.4, -0.2) is 102 Å². The first-order valence-electron chi connectivity index (χ1n) is 17.0. The van der Waals surface area contributed by atoms with Crippen molar-refractivity contribution in [2.75, 3.05) is 53.5 Å². The quantitative estimate of drug-likeness (QED) is 0.271. The first-order valence-corrected chi connectivity index (χ1v) is 18.7. The van der Waals surface area contributed by atoms with Crippen molar-refractivity contribution >= 4 is 58.3 Å². The first-order chi connectivity index (χ1) is 24.0. The number of aromatic nitrogens is 1. The van der Waals surface area contributed by atoms with Crippen LogP contribution in [0.15, 0.2) is 52.3 Å². The van der Waals surface area contributed by atoms with Gasteiger partial charge in [0.05, 0.1) is 42.7 Å². The Morgan fingerprint density at radius 1 is 1.00 bits per heavy atom. The number of nitrogens with zero attached hydrogens (tertiary/aromatic N) is 4. The number of aryl methyl sites for hydroxylation is 1. The summed E-state index contributed by atoms with van der Waals surface area (Å²) in [5.74, 6) is -2.37. The second kappa shape index (κ2) is 16.7. The fourth-order valence-electron chi connectivity index (χ4n) is 7.14. The molecule has 270 valence electrons. The number of esters is 2. The number of hydrogen-bond donors (Lipinski definition) is 1. The maximum atomic E-state index is 14.0. The highest BCUT2D eigenvalue weighted by Crippen LogP contribution is 2.46. The number of carbonyl (C=O) groups excluding carboxylic acids is 4. The summed E-state index contributed by atoms with van der Waals surface area (Å²) in [7, 11) is 2.52. The molecule has 1 aromatic carbocycles. The molecule has 0 bridgehead atoms. The SMILES string of the molecule is CCC(C)(CCN1CCN(C(=O)CC2=C(C(=O)OC)C(c3c(Cl)cccc3Cl)C(C(=O)OC)=C(CCc3nccs3)N2)CC1)N1CCCC1=O. The molecule has 5 rings (SSSR count). The molecule has 0 saturated carbocycles. The van der Waals surface area contributed by atoms with E-state index in [1.54, 1.807) is 29.3 Å². The lowest BCUT2D eigenvalue weighted by Crippen LogP contribution is -2.52. The van der Waals surface area contributed by atoms with Crippen molar-refractivity contribution in [2.45, 2.75) is 70.3 Å². The molecule has 50 heavy (non-hydrogen) atoms. The zero-order chi connectivity index (χ0) is 36.0. The van der Waals surface area contributed by atoms with E-state index in [1.807, 2.05) is 10.3 Å². The summed E-state index contributed by atoms with van der Waals surface area (Å²) in [5, 5.41) is 6.54. The van der Waals surface area contributed by atoms with Crippen molar-refractivity contribution in [3.8, 4) is 0 Å². The first kappa shape index (κ1) is 37.8. The summed E-state index contributed by atoms with van der Waals surface area (Å²) in [6, 6.07) is 4.96. The number of carbonyl (C=O) groups is 4. The molecule has 2 atom stereocenters. The van der Waals surface area contributed by atoms with E-state index in [2.05, 4.69) is 29.0 Å². The average Bonchev–Trinajstić information content (AvgIpc) is 3.81. The summed E-state index contributed by atoms with van der Waals surface area (Å²) >= 11 is 15.0. The van der Waals surface area contributed by atoms with E-state index in [0.29, 0.717) is 62.4 Å². The fourth-order valence-corrected chi connectivity index (χ4v) is 8.37. The van der Waals surface area contributed by atoms with Crippen LogP contribution < -0.4 is 5.32 Å². The van der Waals surface area contributed by atoms with Crippen LogP contribution in [0.1, 0.15) is 68.9 Å². The zero-order valence-corrected chi connectivity index (χ0v) is 31.4. The summed E-state index contributed by atoms with van der Waals surface area (Å²) < 4.78 is 10.5. The van der Waals surface area contributed by atoms with Crippen molar-refractivity contribution in [3.05, 3.63) is 72.9 Å². The average molecular weight is 747 g/mol. The lowest BCUT2D eigenvalue weighted by molar-refractivity contribution is -0.137. The summed E-state index contributed by atoms with van der Waals surface area (Å²) in [6.07, 6.45) is 5.73. The van der Waals surface area contributed by atoms with Gasteiger partial charge in [-0.2, -0.15) is 0 Å². The Bertz CT molecular complexity index is 1640. The molecule has 2 unspecified atom stereocenters. The molecule has 2 saturated heterocycles. The molecular formula is C36H45Cl2N5O6S. The van der Waals surface area contributed by atoms with E-state index >= 15 is 0 Å². The molecule has 4 heterocycles. The number of piperazine rings is 1. The Hall–Kier alpha value is -3.45. The molecule has 0 spiro atoms. The van der Waals surface area contributed by atoms with Gasteiger partial charge in [-0.1, -0.05) is 36.2 Å². The molecule has 11 nitrogen and oxygen atoms in total. The third-order valence-corrected chi connectivity index (χ3v) is 11.7. The van der Waals surface area contributed by atoms with Crippen molar-refractivity contribution < 1.29 is 28.7 Å². The molecule has 2 fully saturated rings. The van der Waals surface area contributed by atoms with E-state index in [-0.39, 0.29) is 45.0 Å². The molecule has 0 radical (unpaired) electrons. The van der Waals surface area contributed by atoms with Crippen LogP contribution in [0.3, 0.4) is 0 Å². The number of nitrogens with one attached hydrogen (secondary N) is 1. The molecule has 2 amide bonds. The maximum Gasteiger partial charge on any atom is 0.336 e. The molecule has 3 aliphatic rings. The number of amides is 2. The van der Waals surface area contributed by atoms with Gasteiger partial charge in [0.25, 0.3) is 0 Å². The van der Waals surface area contributed by atoms with Crippen LogP contribution in [0.2, 0.25) is 10.0 Å². The standard InChI is InChI=1S/C36H45Cl2N5O6S/c1-5-36(2,43-15-7-10-28(43)44)13-16-41-17-19-42(20-18-41)29(45)22-26-32(35(47)49-4)33(30-23(37)8-6-9-24(30)38)31(34(46)48-3)25(40-26)11-12-27-39-14-21-50-27/h6,8-9,14,21,33,40H,5,7,10-13,15-20,22H2,1-4H3. The summed E-state index contributed by atoms with van der Waals surface area (Å²) in [6.45, 7) is 8.38. The number of halogens is 2. The van der Waals surface area contributed by atoms with Crippen molar-refractivity contribution in [1.82, 2.24) is 25.0 Å². The highest BCUT2D eigenvalue weighted by molar-refractivity contribution is 7.09. The van der Waals surface area contributed by atoms with Gasteiger partial charge in [0.2, 0.25) is 11.8 Å².